The summed E-state index contributed by atoms with van der Waals surface area (Å²) in [6.07, 6.45) is 1.49. The molecule has 1 aromatic carbocycles. The van der Waals surface area contributed by atoms with Gasteiger partial charge in [-0.1, -0.05) is 24.3 Å². The minimum absolute atomic E-state index is 0.00600. The van der Waals surface area contributed by atoms with E-state index in [1.807, 2.05) is 59.5 Å². The molecule has 3 aromatic heterocycles. The molecule has 1 aliphatic heterocycles. The van der Waals surface area contributed by atoms with Crippen molar-refractivity contribution < 1.29 is 14.6 Å². The van der Waals surface area contributed by atoms with Gasteiger partial charge in [-0.2, -0.15) is 0 Å². The number of para-hydroxylation sites is 1. The maximum atomic E-state index is 12.6. The van der Waals surface area contributed by atoms with Crippen LogP contribution in [0.5, 0.6) is 5.88 Å². The minimum atomic E-state index is -0.931. The second-order valence-corrected chi connectivity index (χ2v) is 9.59. The molecule has 0 saturated heterocycles. The van der Waals surface area contributed by atoms with E-state index in [0.29, 0.717) is 24.5 Å². The monoisotopic (exact) mass is 486 g/mol. The summed E-state index contributed by atoms with van der Waals surface area (Å²) in [5.41, 5.74) is 5.18. The summed E-state index contributed by atoms with van der Waals surface area (Å²) in [7, 11) is 5.11. The number of thiophene rings is 1. The van der Waals surface area contributed by atoms with E-state index in [9.17, 15) is 9.90 Å². The number of aliphatic hydroxyl groups excluding tert-OH is 1. The Hall–Kier alpha value is -3.75. The minimum Gasteiger partial charge on any atom is -0.481 e. The van der Waals surface area contributed by atoms with Crippen molar-refractivity contribution in [3.8, 4) is 27.6 Å². The largest absolute Gasteiger partial charge is 0.481 e. The van der Waals surface area contributed by atoms with Crippen LogP contribution in [0.2, 0.25) is 0 Å². The van der Waals surface area contributed by atoms with Crippen LogP contribution in [0.1, 0.15) is 27.2 Å². The maximum Gasteiger partial charge on any atom is 0.263 e. The molecule has 35 heavy (non-hydrogen) atoms. The smallest absolute Gasteiger partial charge is 0.263 e. The number of pyridine rings is 2. The number of carbonyl (C=O) groups is 1. The SMILES string of the molecule is COc1ccc(-c2cccc(C(O)N3CCc4cc(C(=O)N(C)C)sc4-c4ccccc43)n2)cn1. The normalized spacial score (nSPS) is 13.4. The average molecular weight is 487 g/mol. The fourth-order valence-electron chi connectivity index (χ4n) is 4.27. The summed E-state index contributed by atoms with van der Waals surface area (Å²) in [5, 5.41) is 11.5. The zero-order valence-electron chi connectivity index (χ0n) is 19.8. The number of hydrogen-bond acceptors (Lipinski definition) is 7. The van der Waals surface area contributed by atoms with E-state index in [4.69, 9.17) is 9.72 Å². The highest BCUT2D eigenvalue weighted by molar-refractivity contribution is 7.17. The molecule has 5 rings (SSSR count). The Morgan fingerprint density at radius 1 is 1.14 bits per heavy atom. The molecule has 8 heteroatoms. The maximum absolute atomic E-state index is 12.6. The molecule has 1 aliphatic rings. The predicted molar refractivity (Wildman–Crippen MR) is 138 cm³/mol. The molecule has 1 atom stereocenters. The number of ether oxygens (including phenoxy) is 1. The van der Waals surface area contributed by atoms with E-state index in [1.165, 1.54) is 11.3 Å². The lowest BCUT2D eigenvalue weighted by molar-refractivity contribution is 0.0832. The molecular weight excluding hydrogens is 460 g/mol. The van der Waals surface area contributed by atoms with E-state index >= 15 is 0 Å². The zero-order valence-corrected chi connectivity index (χ0v) is 20.6. The standard InChI is InChI=1S/C27H26N4O3S/c1-30(2)27(33)23-15-17-13-14-31(22-10-5-4-7-19(22)25(17)35-23)26(32)21-9-6-8-20(29-21)18-11-12-24(34-3)28-16-18/h4-12,15-16,26,32H,13-14H2,1-3H3. The highest BCUT2D eigenvalue weighted by atomic mass is 32.1. The highest BCUT2D eigenvalue weighted by Gasteiger charge is 2.28. The first-order valence-corrected chi connectivity index (χ1v) is 12.1. The first kappa shape index (κ1) is 23.0. The molecule has 7 nitrogen and oxygen atoms in total. The molecule has 0 aliphatic carbocycles. The van der Waals surface area contributed by atoms with Gasteiger partial charge in [0.1, 0.15) is 0 Å². The van der Waals surface area contributed by atoms with Crippen molar-refractivity contribution in [1.82, 2.24) is 14.9 Å². The van der Waals surface area contributed by atoms with Crippen molar-refractivity contribution in [2.75, 3.05) is 32.6 Å². The number of methoxy groups -OCH3 is 1. The number of nitrogens with zero attached hydrogens (tertiary/aromatic N) is 4. The molecule has 0 fully saturated rings. The third-order valence-electron chi connectivity index (χ3n) is 6.08. The highest BCUT2D eigenvalue weighted by Crippen LogP contribution is 2.43. The van der Waals surface area contributed by atoms with Crippen LogP contribution in [0.4, 0.5) is 5.69 Å². The van der Waals surface area contributed by atoms with Gasteiger partial charge in [0.15, 0.2) is 6.23 Å². The molecule has 178 valence electrons. The quantitative estimate of drug-likeness (QED) is 0.443. The Kier molecular flexibility index (Phi) is 6.23. The lowest BCUT2D eigenvalue weighted by Crippen LogP contribution is -2.31. The number of aromatic nitrogens is 2. The molecule has 0 saturated carbocycles. The third-order valence-corrected chi connectivity index (χ3v) is 7.28. The Balaban J connectivity index is 1.49. The van der Waals surface area contributed by atoms with Gasteiger partial charge in [-0.15, -0.1) is 11.3 Å². The average Bonchev–Trinajstić information content (AvgIpc) is 3.26. The van der Waals surface area contributed by atoms with E-state index in [1.54, 1.807) is 38.4 Å². The first-order valence-electron chi connectivity index (χ1n) is 11.3. The molecule has 4 heterocycles. The van der Waals surface area contributed by atoms with Crippen LogP contribution < -0.4 is 9.64 Å². The predicted octanol–water partition coefficient (Wildman–Crippen LogP) is 4.64. The van der Waals surface area contributed by atoms with Crippen molar-refractivity contribution in [3.05, 3.63) is 83.0 Å². The lowest BCUT2D eigenvalue weighted by Gasteiger charge is -2.30. The number of benzene rings is 1. The van der Waals surface area contributed by atoms with Crippen molar-refractivity contribution in [2.24, 2.45) is 0 Å². The molecule has 0 bridgehead atoms. The van der Waals surface area contributed by atoms with Crippen LogP contribution in [0.3, 0.4) is 0 Å². The van der Waals surface area contributed by atoms with Gasteiger partial charge >= 0.3 is 0 Å². The molecule has 1 amide bonds. The van der Waals surface area contributed by atoms with Gasteiger partial charge < -0.3 is 19.6 Å². The summed E-state index contributed by atoms with van der Waals surface area (Å²) in [5.74, 6) is 0.542. The number of aliphatic hydroxyl groups is 1. The van der Waals surface area contributed by atoms with Crippen molar-refractivity contribution in [1.29, 1.82) is 0 Å². The molecule has 0 radical (unpaired) electrons. The van der Waals surface area contributed by atoms with Gasteiger partial charge in [0.2, 0.25) is 5.88 Å². The number of rotatable bonds is 5. The number of hydrogen-bond donors (Lipinski definition) is 1. The summed E-state index contributed by atoms with van der Waals surface area (Å²) in [6.45, 7) is 0.591. The number of amides is 1. The summed E-state index contributed by atoms with van der Waals surface area (Å²) < 4.78 is 5.15. The van der Waals surface area contributed by atoms with Crippen molar-refractivity contribution >= 4 is 22.9 Å². The fraction of sp³-hybridized carbons (Fsp3) is 0.222. The molecule has 1 N–H and O–H groups in total. The van der Waals surface area contributed by atoms with Crippen LogP contribution in [-0.4, -0.2) is 53.6 Å². The number of anilines is 1. The lowest BCUT2D eigenvalue weighted by atomic mass is 10.1. The van der Waals surface area contributed by atoms with Crippen LogP contribution in [0.25, 0.3) is 21.7 Å². The van der Waals surface area contributed by atoms with E-state index in [2.05, 4.69) is 4.98 Å². The second kappa shape index (κ2) is 9.48. The van der Waals surface area contributed by atoms with Gasteiger partial charge in [-0.25, -0.2) is 9.97 Å². The molecule has 4 aromatic rings. The Morgan fingerprint density at radius 3 is 2.71 bits per heavy atom. The Bertz CT molecular complexity index is 1370. The van der Waals surface area contributed by atoms with Crippen LogP contribution in [-0.2, 0) is 6.42 Å². The van der Waals surface area contributed by atoms with Crippen LogP contribution in [0, 0.1) is 0 Å². The van der Waals surface area contributed by atoms with Crippen molar-refractivity contribution in [3.63, 3.8) is 0 Å². The van der Waals surface area contributed by atoms with Gasteiger partial charge in [0.05, 0.1) is 23.4 Å². The molecule has 1 unspecified atom stereocenters. The summed E-state index contributed by atoms with van der Waals surface area (Å²) >= 11 is 1.51. The van der Waals surface area contributed by atoms with Gasteiger partial charge in [-0.05, 0) is 42.3 Å². The van der Waals surface area contributed by atoms with Crippen LogP contribution in [0.15, 0.2) is 66.9 Å². The summed E-state index contributed by atoms with van der Waals surface area (Å²) in [6, 6.07) is 19.3. The van der Waals surface area contributed by atoms with Gasteiger partial charge in [0, 0.05) is 54.6 Å². The molecular formula is C27H26N4O3S. The van der Waals surface area contributed by atoms with Crippen LogP contribution >= 0.6 is 11.3 Å². The topological polar surface area (TPSA) is 78.8 Å². The van der Waals surface area contributed by atoms with Gasteiger partial charge in [0.25, 0.3) is 5.91 Å². The summed E-state index contributed by atoms with van der Waals surface area (Å²) in [4.78, 5) is 27.0. The van der Waals surface area contributed by atoms with Crippen molar-refractivity contribution in [2.45, 2.75) is 12.6 Å². The second-order valence-electron chi connectivity index (χ2n) is 8.54. The van der Waals surface area contributed by atoms with E-state index < -0.39 is 6.23 Å². The van der Waals surface area contributed by atoms with E-state index in [-0.39, 0.29) is 5.91 Å². The first-order chi connectivity index (χ1) is 17.0. The zero-order chi connectivity index (χ0) is 24.5. The Morgan fingerprint density at radius 2 is 1.97 bits per heavy atom. The number of fused-ring (bicyclic) bond motifs is 3. The molecule has 0 spiro atoms. The fourth-order valence-corrected chi connectivity index (χ4v) is 5.53. The Labute approximate surface area is 208 Å². The van der Waals surface area contributed by atoms with Gasteiger partial charge in [-0.3, -0.25) is 4.79 Å². The third kappa shape index (κ3) is 4.38. The van der Waals surface area contributed by atoms with E-state index in [0.717, 1.165) is 37.8 Å². The number of carbonyl (C=O) groups excluding carboxylic acids is 1.